The Bertz CT molecular complexity index is 1510. The van der Waals surface area contributed by atoms with Crippen molar-refractivity contribution in [2.45, 2.75) is 17.5 Å². The van der Waals surface area contributed by atoms with Crippen LogP contribution in [0.1, 0.15) is 39.0 Å². The zero-order valence-electron chi connectivity index (χ0n) is 19.5. The summed E-state index contributed by atoms with van der Waals surface area (Å²) < 4.78 is 0.922. The minimum absolute atomic E-state index is 0.0677. The summed E-state index contributed by atoms with van der Waals surface area (Å²) >= 11 is 9.95. The van der Waals surface area contributed by atoms with Crippen molar-refractivity contribution in [2.75, 3.05) is 5.32 Å². The molecule has 3 N–H and O–H groups in total. The van der Waals surface area contributed by atoms with E-state index < -0.39 is 11.5 Å². The van der Waals surface area contributed by atoms with Crippen LogP contribution in [0.25, 0.3) is 0 Å². The van der Waals surface area contributed by atoms with Crippen molar-refractivity contribution in [3.05, 3.63) is 129 Å². The number of benzene rings is 4. The lowest BCUT2D eigenvalue weighted by molar-refractivity contribution is -0.122. The number of fused-ring (bicyclic) bond motifs is 2. The smallest absolute Gasteiger partial charge is 0.250 e. The number of amides is 1. The number of Topliss-reactive ketones (excluding diaryl/α,β-unsaturated/α-hetero) is 1. The number of aromatic hydroxyl groups is 1. The third kappa shape index (κ3) is 3.87. The van der Waals surface area contributed by atoms with Crippen molar-refractivity contribution in [1.82, 2.24) is 5.32 Å². The van der Waals surface area contributed by atoms with E-state index in [4.69, 9.17) is 11.6 Å². The summed E-state index contributed by atoms with van der Waals surface area (Å²) in [6.07, 6.45) is 0. The first-order chi connectivity index (χ1) is 17.9. The van der Waals surface area contributed by atoms with E-state index >= 15 is 0 Å². The number of phenols is 1. The molecule has 0 aromatic heterocycles. The number of carbonyl (C=O) groups excluding carboxylic acids is 2. The lowest BCUT2D eigenvalue weighted by atomic mass is 9.69. The molecule has 184 valence electrons. The van der Waals surface area contributed by atoms with E-state index in [9.17, 15) is 14.7 Å². The molecule has 7 heteroatoms. The molecule has 4 aromatic carbocycles. The maximum Gasteiger partial charge on any atom is 0.250 e. The van der Waals surface area contributed by atoms with E-state index in [1.807, 2.05) is 54.6 Å². The van der Waals surface area contributed by atoms with Crippen LogP contribution < -0.4 is 10.6 Å². The summed E-state index contributed by atoms with van der Waals surface area (Å²) in [5.74, 6) is -1.60. The Balaban J connectivity index is 1.63. The van der Waals surface area contributed by atoms with E-state index in [0.717, 1.165) is 15.6 Å². The van der Waals surface area contributed by atoms with Crippen LogP contribution in [0.2, 0.25) is 5.02 Å². The second kappa shape index (κ2) is 9.14. The molecule has 1 fully saturated rings. The normalized spacial score (nSPS) is 24.2. The Morgan fingerprint density at radius 3 is 2.30 bits per heavy atom. The van der Waals surface area contributed by atoms with Crippen molar-refractivity contribution in [1.29, 1.82) is 0 Å². The van der Waals surface area contributed by atoms with Crippen LogP contribution in [0.5, 0.6) is 5.75 Å². The molecule has 1 amide bonds. The molecule has 4 aromatic rings. The van der Waals surface area contributed by atoms with Crippen LogP contribution >= 0.6 is 27.5 Å². The number of rotatable bonds is 4. The number of ketones is 1. The van der Waals surface area contributed by atoms with E-state index in [1.54, 1.807) is 30.3 Å². The van der Waals surface area contributed by atoms with Gasteiger partial charge in [-0.1, -0.05) is 70.0 Å². The Morgan fingerprint density at radius 2 is 1.59 bits per heavy atom. The van der Waals surface area contributed by atoms with Crippen molar-refractivity contribution < 1.29 is 14.7 Å². The summed E-state index contributed by atoms with van der Waals surface area (Å²) in [6, 6.07) is 28.9. The zero-order valence-corrected chi connectivity index (χ0v) is 21.8. The van der Waals surface area contributed by atoms with Gasteiger partial charge in [-0.05, 0) is 65.7 Å². The predicted octanol–water partition coefficient (Wildman–Crippen LogP) is 6.58. The van der Waals surface area contributed by atoms with Gasteiger partial charge in [0.05, 0.1) is 5.92 Å². The maximum absolute atomic E-state index is 14.4. The summed E-state index contributed by atoms with van der Waals surface area (Å²) in [7, 11) is 0. The van der Waals surface area contributed by atoms with Gasteiger partial charge in [0.1, 0.15) is 11.3 Å². The van der Waals surface area contributed by atoms with Crippen LogP contribution in [0.4, 0.5) is 5.69 Å². The number of carbonyl (C=O) groups is 2. The van der Waals surface area contributed by atoms with Gasteiger partial charge in [-0.25, -0.2) is 0 Å². The van der Waals surface area contributed by atoms with Crippen molar-refractivity contribution >= 4 is 44.9 Å². The molecule has 0 saturated carbocycles. The second-order valence-electron chi connectivity index (χ2n) is 9.45. The molecule has 4 atom stereocenters. The topological polar surface area (TPSA) is 78.4 Å². The molecule has 2 aliphatic heterocycles. The van der Waals surface area contributed by atoms with Gasteiger partial charge in [-0.3, -0.25) is 14.9 Å². The Hall–Kier alpha value is -3.45. The van der Waals surface area contributed by atoms with E-state index in [-0.39, 0.29) is 29.4 Å². The lowest BCUT2D eigenvalue weighted by Gasteiger charge is -2.31. The summed E-state index contributed by atoms with van der Waals surface area (Å²) in [5.41, 5.74) is 2.26. The van der Waals surface area contributed by atoms with Crippen molar-refractivity contribution in [3.8, 4) is 5.75 Å². The minimum atomic E-state index is -1.35. The van der Waals surface area contributed by atoms with Gasteiger partial charge in [0.25, 0.3) is 0 Å². The third-order valence-corrected chi connectivity index (χ3v) is 8.19. The first kappa shape index (κ1) is 23.9. The van der Waals surface area contributed by atoms with Crippen molar-refractivity contribution in [2.24, 2.45) is 5.92 Å². The summed E-state index contributed by atoms with van der Waals surface area (Å²) in [5, 5.41) is 17.0. The molecule has 2 aliphatic rings. The number of hydrogen-bond acceptors (Lipinski definition) is 4. The van der Waals surface area contributed by atoms with Gasteiger partial charge in [0.15, 0.2) is 5.78 Å². The van der Waals surface area contributed by atoms with Gasteiger partial charge in [-0.15, -0.1) is 0 Å². The van der Waals surface area contributed by atoms with Crippen molar-refractivity contribution in [3.63, 3.8) is 0 Å². The fourth-order valence-corrected chi connectivity index (χ4v) is 6.26. The third-order valence-electron chi connectivity index (χ3n) is 7.43. The predicted molar refractivity (Wildman–Crippen MR) is 147 cm³/mol. The molecule has 0 radical (unpaired) electrons. The van der Waals surface area contributed by atoms with Crippen LogP contribution in [0, 0.1) is 5.92 Å². The summed E-state index contributed by atoms with van der Waals surface area (Å²) in [6.45, 7) is 0. The van der Waals surface area contributed by atoms with Crippen LogP contribution in [-0.4, -0.2) is 16.8 Å². The fourth-order valence-electron chi connectivity index (χ4n) is 5.82. The standard InChI is InChI=1S/C30H22BrClN2O3/c31-20-10-6-17(7-11-20)25-26(28(36)19-8-13-22(35)14-9-19)30(34-27(25)18-4-2-1-3-5-18)23-16-21(32)12-15-24(23)33-29(30)37/h1-16,25-27,34-35H,(H,33,37)/t25-,26?,27+,30?/m0/s1. The molecule has 0 aliphatic carbocycles. The highest BCUT2D eigenvalue weighted by Gasteiger charge is 2.64. The molecule has 0 bridgehead atoms. The van der Waals surface area contributed by atoms with Gasteiger partial charge < -0.3 is 10.4 Å². The number of phenolic OH excluding ortho intramolecular Hbond substituents is 1. The average Bonchev–Trinajstić information content (AvgIpc) is 3.40. The zero-order chi connectivity index (χ0) is 25.7. The monoisotopic (exact) mass is 572 g/mol. The largest absolute Gasteiger partial charge is 0.508 e. The maximum atomic E-state index is 14.4. The fraction of sp³-hybridized carbons (Fsp3) is 0.133. The minimum Gasteiger partial charge on any atom is -0.508 e. The molecule has 1 spiro atoms. The Kier molecular flexibility index (Phi) is 5.91. The quantitative estimate of drug-likeness (QED) is 0.241. The van der Waals surface area contributed by atoms with Crippen LogP contribution in [-0.2, 0) is 10.3 Å². The first-order valence-electron chi connectivity index (χ1n) is 11.9. The highest BCUT2D eigenvalue weighted by molar-refractivity contribution is 9.10. The first-order valence-corrected chi connectivity index (χ1v) is 13.1. The van der Waals surface area contributed by atoms with Crippen LogP contribution in [0.15, 0.2) is 102 Å². The summed E-state index contributed by atoms with van der Waals surface area (Å²) in [4.78, 5) is 28.4. The molecule has 6 rings (SSSR count). The number of hydrogen-bond donors (Lipinski definition) is 3. The molecular weight excluding hydrogens is 552 g/mol. The van der Waals surface area contributed by atoms with E-state index in [2.05, 4.69) is 26.6 Å². The SMILES string of the molecule is O=C(c1ccc(O)cc1)C1[C@H](c2ccc(Br)cc2)[C@@H](c2ccccc2)NC12C(=O)Nc1ccc(Cl)cc12. The highest BCUT2D eigenvalue weighted by Crippen LogP contribution is 2.57. The molecule has 1 saturated heterocycles. The average molecular weight is 574 g/mol. The molecule has 2 heterocycles. The lowest BCUT2D eigenvalue weighted by Crippen LogP contribution is -2.50. The van der Waals surface area contributed by atoms with Gasteiger partial charge in [0.2, 0.25) is 5.91 Å². The van der Waals surface area contributed by atoms with E-state index in [1.165, 1.54) is 12.1 Å². The van der Waals surface area contributed by atoms with Gasteiger partial charge >= 0.3 is 0 Å². The Labute approximate surface area is 227 Å². The van der Waals surface area contributed by atoms with Gasteiger partial charge in [-0.2, -0.15) is 0 Å². The number of anilines is 1. The number of nitrogens with one attached hydrogen (secondary N) is 2. The highest BCUT2D eigenvalue weighted by atomic mass is 79.9. The Morgan fingerprint density at radius 1 is 0.892 bits per heavy atom. The number of halogens is 2. The molecule has 5 nitrogen and oxygen atoms in total. The second-order valence-corrected chi connectivity index (χ2v) is 10.8. The molecule has 2 unspecified atom stereocenters. The molecular formula is C30H22BrClN2O3. The van der Waals surface area contributed by atoms with E-state index in [0.29, 0.717) is 21.8 Å². The van der Waals surface area contributed by atoms with Gasteiger partial charge in [0, 0.05) is 38.3 Å². The van der Waals surface area contributed by atoms with Crippen LogP contribution in [0.3, 0.4) is 0 Å². The molecule has 37 heavy (non-hydrogen) atoms.